The van der Waals surface area contributed by atoms with Crippen LogP contribution in [0.15, 0.2) is 12.3 Å². The van der Waals surface area contributed by atoms with Crippen molar-refractivity contribution >= 4 is 17.5 Å². The van der Waals surface area contributed by atoms with Crippen molar-refractivity contribution in [3.8, 4) is 0 Å². The number of hydrogen-bond acceptors (Lipinski definition) is 6. The minimum absolute atomic E-state index is 0.0379. The molecular weight excluding hydrogens is 286 g/mol. The van der Waals surface area contributed by atoms with Crippen LogP contribution in [0.2, 0.25) is 0 Å². The van der Waals surface area contributed by atoms with Crippen LogP contribution in [0.5, 0.6) is 0 Å². The predicted molar refractivity (Wildman–Crippen MR) is 81.7 cm³/mol. The third kappa shape index (κ3) is 3.35. The zero-order chi connectivity index (χ0) is 16.2. The first kappa shape index (κ1) is 16.2. The van der Waals surface area contributed by atoms with Gasteiger partial charge in [-0.3, -0.25) is 14.9 Å². The molecule has 1 aromatic heterocycles. The summed E-state index contributed by atoms with van der Waals surface area (Å²) in [6.07, 6.45) is 4.83. The van der Waals surface area contributed by atoms with Gasteiger partial charge in [-0.05, 0) is 32.3 Å². The fourth-order valence-electron chi connectivity index (χ4n) is 2.89. The van der Waals surface area contributed by atoms with Crippen molar-refractivity contribution in [1.82, 2.24) is 4.98 Å². The van der Waals surface area contributed by atoms with E-state index in [0.29, 0.717) is 24.5 Å². The van der Waals surface area contributed by atoms with Gasteiger partial charge in [-0.25, -0.2) is 4.98 Å². The van der Waals surface area contributed by atoms with Crippen molar-refractivity contribution in [1.29, 1.82) is 0 Å². The first-order valence-corrected chi connectivity index (χ1v) is 7.50. The summed E-state index contributed by atoms with van der Waals surface area (Å²) < 4.78 is 5.21. The van der Waals surface area contributed by atoms with Gasteiger partial charge in [0.05, 0.1) is 16.9 Å². The average molecular weight is 307 g/mol. The fraction of sp³-hybridized carbons (Fsp3) is 0.600. The number of nitrogens with zero attached hydrogens (tertiary/aromatic N) is 2. The van der Waals surface area contributed by atoms with E-state index in [1.54, 1.807) is 13.8 Å². The van der Waals surface area contributed by atoms with Crippen LogP contribution in [0.1, 0.15) is 38.2 Å². The van der Waals surface area contributed by atoms with Crippen LogP contribution < -0.4 is 5.32 Å². The Hall–Kier alpha value is -2.18. The molecule has 1 saturated carbocycles. The summed E-state index contributed by atoms with van der Waals surface area (Å²) in [6.45, 7) is 4.37. The number of anilines is 1. The maximum Gasteiger partial charge on any atom is 0.313 e. The van der Waals surface area contributed by atoms with Crippen molar-refractivity contribution in [3.05, 3.63) is 27.9 Å². The van der Waals surface area contributed by atoms with Crippen LogP contribution in [-0.2, 0) is 9.53 Å². The van der Waals surface area contributed by atoms with Gasteiger partial charge in [0.2, 0.25) is 0 Å². The highest BCUT2D eigenvalue weighted by Gasteiger charge is 2.42. The Morgan fingerprint density at radius 1 is 1.50 bits per heavy atom. The van der Waals surface area contributed by atoms with Crippen molar-refractivity contribution < 1.29 is 14.5 Å². The molecule has 1 N–H and O–H groups in total. The Kier molecular flexibility index (Phi) is 4.95. The molecule has 0 unspecified atom stereocenters. The molecule has 0 bridgehead atoms. The number of esters is 1. The standard InChI is InChI=1S/C15H21N3O4/c1-3-22-14(19)15(6-4-5-7-15)10-17-13-11(2)8-12(9-16-13)18(20)21/h8-9H,3-7,10H2,1-2H3,(H,16,17). The van der Waals surface area contributed by atoms with Gasteiger partial charge >= 0.3 is 5.97 Å². The Labute approximate surface area is 129 Å². The Morgan fingerprint density at radius 2 is 2.18 bits per heavy atom. The molecule has 1 aromatic rings. The van der Waals surface area contributed by atoms with Crippen LogP contribution in [0.25, 0.3) is 0 Å². The molecule has 2 rings (SSSR count). The van der Waals surface area contributed by atoms with Gasteiger partial charge in [-0.15, -0.1) is 0 Å². The van der Waals surface area contributed by atoms with E-state index in [-0.39, 0.29) is 11.7 Å². The first-order chi connectivity index (χ1) is 10.5. The summed E-state index contributed by atoms with van der Waals surface area (Å²) >= 11 is 0. The summed E-state index contributed by atoms with van der Waals surface area (Å²) in [5, 5.41) is 13.9. The second kappa shape index (κ2) is 6.72. The highest BCUT2D eigenvalue weighted by molar-refractivity contribution is 5.78. The lowest BCUT2D eigenvalue weighted by molar-refractivity contribution is -0.385. The van der Waals surface area contributed by atoms with Crippen LogP contribution in [0.3, 0.4) is 0 Å². The van der Waals surface area contributed by atoms with Crippen LogP contribution in [0, 0.1) is 22.5 Å². The van der Waals surface area contributed by atoms with E-state index in [4.69, 9.17) is 4.74 Å². The molecule has 0 amide bonds. The van der Waals surface area contributed by atoms with Gasteiger partial charge in [-0.1, -0.05) is 12.8 Å². The predicted octanol–water partition coefficient (Wildman–Crippen LogP) is 2.83. The highest BCUT2D eigenvalue weighted by atomic mass is 16.6. The van der Waals surface area contributed by atoms with Gasteiger partial charge in [0.25, 0.3) is 5.69 Å². The van der Waals surface area contributed by atoms with Crippen molar-refractivity contribution in [2.45, 2.75) is 39.5 Å². The zero-order valence-electron chi connectivity index (χ0n) is 12.9. The maximum absolute atomic E-state index is 12.2. The lowest BCUT2D eigenvalue weighted by atomic mass is 9.86. The molecule has 1 fully saturated rings. The van der Waals surface area contributed by atoms with Gasteiger partial charge in [0.15, 0.2) is 0 Å². The number of ether oxygens (including phenoxy) is 1. The summed E-state index contributed by atoms with van der Waals surface area (Å²) in [5.74, 6) is 0.403. The molecule has 7 nitrogen and oxygen atoms in total. The van der Waals surface area contributed by atoms with Crippen LogP contribution in [-0.4, -0.2) is 29.0 Å². The minimum atomic E-state index is -0.508. The molecule has 0 aliphatic heterocycles. The Morgan fingerprint density at radius 3 is 2.73 bits per heavy atom. The second-order valence-electron chi connectivity index (χ2n) is 5.68. The molecule has 0 radical (unpaired) electrons. The summed E-state index contributed by atoms with van der Waals surface area (Å²) in [4.78, 5) is 26.6. The third-order valence-electron chi connectivity index (χ3n) is 4.14. The number of carbonyl (C=O) groups excluding carboxylic acids is 1. The quantitative estimate of drug-likeness (QED) is 0.493. The third-order valence-corrected chi connectivity index (χ3v) is 4.14. The number of carbonyl (C=O) groups is 1. The molecule has 22 heavy (non-hydrogen) atoms. The molecule has 1 aliphatic carbocycles. The van der Waals surface area contributed by atoms with Gasteiger partial charge in [-0.2, -0.15) is 0 Å². The smallest absolute Gasteiger partial charge is 0.313 e. The van der Waals surface area contributed by atoms with Crippen LogP contribution >= 0.6 is 0 Å². The maximum atomic E-state index is 12.2. The Bertz CT molecular complexity index is 568. The summed E-state index contributed by atoms with van der Waals surface area (Å²) in [6, 6.07) is 1.47. The van der Waals surface area contributed by atoms with Gasteiger partial charge < -0.3 is 10.1 Å². The van der Waals surface area contributed by atoms with E-state index in [1.165, 1.54) is 12.3 Å². The molecule has 1 heterocycles. The lowest BCUT2D eigenvalue weighted by Gasteiger charge is -2.27. The van der Waals surface area contributed by atoms with Gasteiger partial charge in [0.1, 0.15) is 12.0 Å². The van der Waals surface area contributed by atoms with E-state index in [0.717, 1.165) is 25.7 Å². The molecule has 1 aliphatic rings. The van der Waals surface area contributed by atoms with E-state index in [9.17, 15) is 14.9 Å². The zero-order valence-corrected chi connectivity index (χ0v) is 12.9. The molecular formula is C15H21N3O4. The number of aromatic nitrogens is 1. The number of pyridine rings is 1. The summed E-state index contributed by atoms with van der Waals surface area (Å²) in [5.41, 5.74) is 0.140. The first-order valence-electron chi connectivity index (χ1n) is 7.50. The number of nitrogens with one attached hydrogen (secondary N) is 1. The number of nitro groups is 1. The van der Waals surface area contributed by atoms with Crippen LogP contribution in [0.4, 0.5) is 11.5 Å². The van der Waals surface area contributed by atoms with Crippen molar-refractivity contribution in [3.63, 3.8) is 0 Å². The highest BCUT2D eigenvalue weighted by Crippen LogP contribution is 2.39. The Balaban J connectivity index is 2.10. The summed E-state index contributed by atoms with van der Waals surface area (Å²) in [7, 11) is 0. The van der Waals surface area contributed by atoms with E-state index in [2.05, 4.69) is 10.3 Å². The number of rotatable bonds is 6. The molecule has 0 saturated heterocycles. The molecule has 120 valence electrons. The fourth-order valence-corrected chi connectivity index (χ4v) is 2.89. The molecule has 0 atom stereocenters. The SMILES string of the molecule is CCOC(=O)C1(CNc2ncc([N+](=O)[O-])cc2C)CCCC1. The minimum Gasteiger partial charge on any atom is -0.466 e. The second-order valence-corrected chi connectivity index (χ2v) is 5.68. The molecule has 0 aromatic carbocycles. The molecule has 0 spiro atoms. The van der Waals surface area contributed by atoms with E-state index >= 15 is 0 Å². The molecule has 7 heteroatoms. The van der Waals surface area contributed by atoms with Crippen molar-refractivity contribution in [2.75, 3.05) is 18.5 Å². The normalized spacial score (nSPS) is 16.3. The van der Waals surface area contributed by atoms with Gasteiger partial charge in [0, 0.05) is 12.6 Å². The number of aryl methyl sites for hydroxylation is 1. The topological polar surface area (TPSA) is 94.4 Å². The largest absolute Gasteiger partial charge is 0.466 e. The average Bonchev–Trinajstić information content (AvgIpc) is 2.96. The monoisotopic (exact) mass is 307 g/mol. The lowest BCUT2D eigenvalue weighted by Crippen LogP contribution is -2.37. The van der Waals surface area contributed by atoms with E-state index < -0.39 is 10.3 Å². The van der Waals surface area contributed by atoms with Crippen molar-refractivity contribution in [2.24, 2.45) is 5.41 Å². The van der Waals surface area contributed by atoms with E-state index in [1.807, 2.05) is 0 Å². The number of hydrogen-bond donors (Lipinski definition) is 1.